The minimum absolute atomic E-state index is 0.0513. The summed E-state index contributed by atoms with van der Waals surface area (Å²) in [7, 11) is 0. The maximum Gasteiger partial charge on any atom is 0.249 e. The van der Waals surface area contributed by atoms with Gasteiger partial charge in [0.25, 0.3) is 0 Å². The van der Waals surface area contributed by atoms with E-state index in [1.807, 2.05) is 0 Å². The molecule has 0 aromatic carbocycles. The third-order valence-electron chi connectivity index (χ3n) is 5.83. The quantitative estimate of drug-likeness (QED) is 0.811. The lowest BCUT2D eigenvalue weighted by Crippen LogP contribution is -2.45. The summed E-state index contributed by atoms with van der Waals surface area (Å²) < 4.78 is 0. The van der Waals surface area contributed by atoms with Crippen molar-refractivity contribution in [1.82, 2.24) is 15.3 Å². The van der Waals surface area contributed by atoms with E-state index in [9.17, 15) is 9.90 Å². The molecule has 3 aliphatic rings. The number of aryl methyl sites for hydroxylation is 1. The summed E-state index contributed by atoms with van der Waals surface area (Å²) >= 11 is 0. The first kappa shape index (κ1) is 16.8. The number of aliphatic hydroxyl groups is 1. The number of hydrogen-bond acceptors (Lipinski definition) is 5. The number of rotatable bonds is 4. The minimum atomic E-state index is -0.870. The summed E-state index contributed by atoms with van der Waals surface area (Å²) in [6.45, 7) is 1.70. The molecule has 2 aliphatic carbocycles. The summed E-state index contributed by atoms with van der Waals surface area (Å²) in [5.41, 5.74) is 2.54. The van der Waals surface area contributed by atoms with E-state index in [2.05, 4.69) is 20.2 Å². The normalized spacial score (nSPS) is 22.8. The first-order chi connectivity index (χ1) is 12.2. The standard InChI is InChI=1S/C19H28N4O2/c24-17(19(25)22-14-6-7-14)13-8-10-23(11-9-13)18-15-4-2-1-3-5-16(15)20-12-21-18/h12-14,17,24H,1-11H2,(H,22,25)/t17-/m1/s1. The Morgan fingerprint density at radius 2 is 1.88 bits per heavy atom. The number of amides is 1. The molecule has 4 rings (SSSR count). The van der Waals surface area contributed by atoms with E-state index in [0.717, 1.165) is 57.4 Å². The topological polar surface area (TPSA) is 78.4 Å². The molecule has 2 fully saturated rings. The van der Waals surface area contributed by atoms with Crippen LogP contribution in [-0.4, -0.2) is 46.2 Å². The van der Waals surface area contributed by atoms with Crippen molar-refractivity contribution in [2.24, 2.45) is 5.92 Å². The lowest BCUT2D eigenvalue weighted by Gasteiger charge is -2.35. The molecule has 0 bridgehead atoms. The molecule has 1 atom stereocenters. The van der Waals surface area contributed by atoms with Crippen LogP contribution in [0.4, 0.5) is 5.82 Å². The van der Waals surface area contributed by atoms with Gasteiger partial charge in [-0.3, -0.25) is 4.79 Å². The molecule has 1 saturated heterocycles. The third-order valence-corrected chi connectivity index (χ3v) is 5.83. The summed E-state index contributed by atoms with van der Waals surface area (Å²) in [6, 6.07) is 0.304. The number of aromatic nitrogens is 2. The van der Waals surface area contributed by atoms with Crippen molar-refractivity contribution in [2.75, 3.05) is 18.0 Å². The summed E-state index contributed by atoms with van der Waals surface area (Å²) in [5, 5.41) is 13.3. The number of carbonyl (C=O) groups is 1. The molecular weight excluding hydrogens is 316 g/mol. The van der Waals surface area contributed by atoms with E-state index >= 15 is 0 Å². The smallest absolute Gasteiger partial charge is 0.249 e. The fraction of sp³-hybridized carbons (Fsp3) is 0.737. The van der Waals surface area contributed by atoms with E-state index in [-0.39, 0.29) is 11.8 Å². The van der Waals surface area contributed by atoms with Gasteiger partial charge < -0.3 is 15.3 Å². The molecule has 25 heavy (non-hydrogen) atoms. The predicted molar refractivity (Wildman–Crippen MR) is 95.4 cm³/mol. The van der Waals surface area contributed by atoms with Crippen LogP contribution in [0.3, 0.4) is 0 Å². The van der Waals surface area contributed by atoms with Crippen molar-refractivity contribution in [3.8, 4) is 0 Å². The Morgan fingerprint density at radius 3 is 2.64 bits per heavy atom. The highest BCUT2D eigenvalue weighted by atomic mass is 16.3. The van der Waals surface area contributed by atoms with E-state index in [1.165, 1.54) is 30.5 Å². The SMILES string of the molecule is O=C(NC1CC1)[C@H](O)C1CCN(c2ncnc3c2CCCCC3)CC1. The minimum Gasteiger partial charge on any atom is -0.383 e. The van der Waals surface area contributed by atoms with Crippen molar-refractivity contribution < 1.29 is 9.90 Å². The zero-order valence-corrected chi connectivity index (χ0v) is 14.8. The fourth-order valence-corrected chi connectivity index (χ4v) is 4.11. The van der Waals surface area contributed by atoms with Gasteiger partial charge in [-0.05, 0) is 57.3 Å². The molecule has 1 amide bonds. The first-order valence-corrected chi connectivity index (χ1v) is 9.78. The monoisotopic (exact) mass is 344 g/mol. The zero-order chi connectivity index (χ0) is 17.2. The molecule has 6 heteroatoms. The van der Waals surface area contributed by atoms with Crippen LogP contribution in [0.25, 0.3) is 0 Å². The first-order valence-electron chi connectivity index (χ1n) is 9.78. The number of carbonyl (C=O) groups excluding carboxylic acids is 1. The van der Waals surface area contributed by atoms with Gasteiger partial charge in [0.1, 0.15) is 18.2 Å². The Morgan fingerprint density at radius 1 is 1.12 bits per heavy atom. The number of piperidine rings is 1. The van der Waals surface area contributed by atoms with Crippen LogP contribution in [0.5, 0.6) is 0 Å². The van der Waals surface area contributed by atoms with Crippen molar-refractivity contribution in [3.63, 3.8) is 0 Å². The van der Waals surface area contributed by atoms with Crippen LogP contribution in [0.1, 0.15) is 56.2 Å². The second-order valence-electron chi connectivity index (χ2n) is 7.74. The Labute approximate surface area is 149 Å². The number of hydrogen-bond donors (Lipinski definition) is 2. The fourth-order valence-electron chi connectivity index (χ4n) is 4.11. The molecule has 6 nitrogen and oxygen atoms in total. The van der Waals surface area contributed by atoms with Crippen LogP contribution in [0.2, 0.25) is 0 Å². The van der Waals surface area contributed by atoms with Crippen molar-refractivity contribution in [1.29, 1.82) is 0 Å². The van der Waals surface area contributed by atoms with Gasteiger partial charge in [-0.25, -0.2) is 9.97 Å². The average molecular weight is 344 g/mol. The van der Waals surface area contributed by atoms with Gasteiger partial charge in [-0.15, -0.1) is 0 Å². The van der Waals surface area contributed by atoms with Crippen LogP contribution in [0, 0.1) is 5.92 Å². The van der Waals surface area contributed by atoms with E-state index in [0.29, 0.717) is 6.04 Å². The van der Waals surface area contributed by atoms with Crippen LogP contribution in [-0.2, 0) is 17.6 Å². The lowest BCUT2D eigenvalue weighted by atomic mass is 9.90. The molecule has 0 unspecified atom stereocenters. The Bertz CT molecular complexity index is 624. The van der Waals surface area contributed by atoms with Gasteiger partial charge in [-0.1, -0.05) is 6.42 Å². The van der Waals surface area contributed by atoms with Crippen molar-refractivity contribution in [3.05, 3.63) is 17.6 Å². The summed E-state index contributed by atoms with van der Waals surface area (Å²) in [6.07, 6.45) is 10.4. The molecule has 136 valence electrons. The maximum absolute atomic E-state index is 12.1. The molecule has 1 aliphatic heterocycles. The molecule has 2 heterocycles. The third kappa shape index (κ3) is 3.78. The molecule has 1 aromatic rings. The zero-order valence-electron chi connectivity index (χ0n) is 14.8. The number of nitrogens with one attached hydrogen (secondary N) is 1. The highest BCUT2D eigenvalue weighted by molar-refractivity contribution is 5.81. The van der Waals surface area contributed by atoms with Crippen LogP contribution >= 0.6 is 0 Å². The number of nitrogens with zero attached hydrogens (tertiary/aromatic N) is 3. The predicted octanol–water partition coefficient (Wildman–Crippen LogP) is 1.60. The lowest BCUT2D eigenvalue weighted by molar-refractivity contribution is -0.132. The van der Waals surface area contributed by atoms with Gasteiger partial charge in [0, 0.05) is 30.4 Å². The van der Waals surface area contributed by atoms with E-state index in [1.54, 1.807) is 6.33 Å². The number of anilines is 1. The molecular formula is C19H28N4O2. The second-order valence-corrected chi connectivity index (χ2v) is 7.74. The van der Waals surface area contributed by atoms with Gasteiger partial charge >= 0.3 is 0 Å². The average Bonchev–Trinajstić information content (AvgIpc) is 3.47. The number of fused-ring (bicyclic) bond motifs is 1. The molecule has 2 N–H and O–H groups in total. The molecule has 0 radical (unpaired) electrons. The Kier molecular flexibility index (Phi) is 4.88. The molecule has 0 spiro atoms. The van der Waals surface area contributed by atoms with Crippen molar-refractivity contribution >= 4 is 11.7 Å². The summed E-state index contributed by atoms with van der Waals surface area (Å²) in [4.78, 5) is 23.5. The maximum atomic E-state index is 12.1. The highest BCUT2D eigenvalue weighted by Gasteiger charge is 2.33. The van der Waals surface area contributed by atoms with Gasteiger partial charge in [0.2, 0.25) is 5.91 Å². The molecule has 1 saturated carbocycles. The number of aliphatic hydroxyl groups excluding tert-OH is 1. The highest BCUT2D eigenvalue weighted by Crippen LogP contribution is 2.30. The summed E-state index contributed by atoms with van der Waals surface area (Å²) in [5.74, 6) is 0.953. The second kappa shape index (κ2) is 7.28. The molecule has 1 aromatic heterocycles. The van der Waals surface area contributed by atoms with Gasteiger partial charge in [-0.2, -0.15) is 0 Å². The van der Waals surface area contributed by atoms with Gasteiger partial charge in [0.15, 0.2) is 0 Å². The van der Waals surface area contributed by atoms with Crippen LogP contribution in [0.15, 0.2) is 6.33 Å². The van der Waals surface area contributed by atoms with E-state index in [4.69, 9.17) is 0 Å². The van der Waals surface area contributed by atoms with Gasteiger partial charge in [0.05, 0.1) is 0 Å². The largest absolute Gasteiger partial charge is 0.383 e. The van der Waals surface area contributed by atoms with E-state index < -0.39 is 6.10 Å². The Balaban J connectivity index is 1.39. The van der Waals surface area contributed by atoms with Crippen LogP contribution < -0.4 is 10.2 Å². The Hall–Kier alpha value is -1.69. The van der Waals surface area contributed by atoms with Crippen molar-refractivity contribution in [2.45, 2.75) is 69.9 Å².